The van der Waals surface area contributed by atoms with Crippen LogP contribution < -0.4 is 5.32 Å². The first-order valence-corrected chi connectivity index (χ1v) is 20.3. The fourth-order valence-electron chi connectivity index (χ4n) is 7.06. The Morgan fingerprint density at radius 3 is 1.24 bits per heavy atom. The lowest BCUT2D eigenvalue weighted by Crippen LogP contribution is -2.62. The third-order valence-corrected chi connectivity index (χ3v) is 10.0. The summed E-state index contributed by atoms with van der Waals surface area (Å²) < 4.78 is 0. The molecule has 1 aliphatic heterocycles. The second-order valence-electron chi connectivity index (χ2n) is 14.4. The van der Waals surface area contributed by atoms with Gasteiger partial charge in [-0.1, -0.05) is 194 Å². The summed E-state index contributed by atoms with van der Waals surface area (Å²) in [6, 6.07) is -1.04. The molecule has 0 aromatic carbocycles. The number of rotatable bonds is 33. The number of carbonyl (C=O) groups excluding carboxylic acids is 2. The Hall–Kier alpha value is -1.59. The van der Waals surface area contributed by atoms with Gasteiger partial charge >= 0.3 is 5.97 Å². The van der Waals surface area contributed by atoms with Gasteiger partial charge in [-0.15, -0.1) is 0 Å². The largest absolute Gasteiger partial charge is 0.480 e. The average Bonchev–Trinajstić information content (AvgIpc) is 3.04. The summed E-state index contributed by atoms with van der Waals surface area (Å²) in [5.74, 6) is -1.44. The number of hydrogen-bond acceptors (Lipinski definition) is 3. The molecule has 0 saturated carbocycles. The van der Waals surface area contributed by atoms with E-state index in [9.17, 15) is 19.5 Å². The van der Waals surface area contributed by atoms with Crippen LogP contribution in [0.2, 0.25) is 0 Å². The monoisotopic (exact) mass is 649 g/mol. The van der Waals surface area contributed by atoms with E-state index in [4.69, 9.17) is 0 Å². The van der Waals surface area contributed by atoms with Crippen LogP contribution >= 0.6 is 0 Å². The molecule has 6 nitrogen and oxygen atoms in total. The molecule has 1 fully saturated rings. The summed E-state index contributed by atoms with van der Waals surface area (Å²) in [5.41, 5.74) is 0. The zero-order chi connectivity index (χ0) is 33.5. The summed E-state index contributed by atoms with van der Waals surface area (Å²) in [5, 5.41) is 12.8. The van der Waals surface area contributed by atoms with Crippen molar-refractivity contribution in [1.29, 1.82) is 0 Å². The molecule has 270 valence electrons. The Morgan fingerprint density at radius 1 is 0.565 bits per heavy atom. The van der Waals surface area contributed by atoms with Gasteiger partial charge in [-0.25, -0.2) is 4.79 Å². The van der Waals surface area contributed by atoms with Gasteiger partial charge < -0.3 is 15.3 Å². The SMILES string of the molecule is CCCCCCCCCCCCCCCCCC(=O)N1C(CCCCCCCCCCCCCCCCC)NC(=O)CC1C(=O)O. The van der Waals surface area contributed by atoms with Crippen molar-refractivity contribution >= 4 is 17.8 Å². The van der Waals surface area contributed by atoms with Gasteiger partial charge in [-0.3, -0.25) is 9.59 Å². The smallest absolute Gasteiger partial charge is 0.327 e. The van der Waals surface area contributed by atoms with Crippen molar-refractivity contribution in [1.82, 2.24) is 10.2 Å². The van der Waals surface area contributed by atoms with Crippen LogP contribution in [0.3, 0.4) is 0 Å². The van der Waals surface area contributed by atoms with Gasteiger partial charge in [-0.2, -0.15) is 0 Å². The first-order valence-electron chi connectivity index (χ1n) is 20.3. The number of nitrogens with zero attached hydrogens (tertiary/aromatic N) is 1. The minimum Gasteiger partial charge on any atom is -0.480 e. The molecule has 0 spiro atoms. The molecule has 1 rings (SSSR count). The number of amides is 2. The predicted molar refractivity (Wildman–Crippen MR) is 194 cm³/mol. The van der Waals surface area contributed by atoms with Crippen molar-refractivity contribution in [2.45, 2.75) is 238 Å². The van der Waals surface area contributed by atoms with Crippen LogP contribution in [0.4, 0.5) is 0 Å². The number of nitrogens with one attached hydrogen (secondary N) is 1. The minimum atomic E-state index is -1.07. The van der Waals surface area contributed by atoms with Crippen molar-refractivity contribution < 1.29 is 19.5 Å². The summed E-state index contributed by atoms with van der Waals surface area (Å²) >= 11 is 0. The number of carbonyl (C=O) groups is 3. The van der Waals surface area contributed by atoms with Crippen LogP contribution in [-0.4, -0.2) is 40.0 Å². The molecule has 0 aliphatic carbocycles. The molecule has 6 heteroatoms. The first-order chi connectivity index (χ1) is 22.5. The molecule has 46 heavy (non-hydrogen) atoms. The molecule has 1 heterocycles. The molecule has 0 radical (unpaired) electrons. The van der Waals surface area contributed by atoms with Crippen molar-refractivity contribution in [3.63, 3.8) is 0 Å². The zero-order valence-corrected chi connectivity index (χ0v) is 30.6. The molecule has 2 amide bonds. The highest BCUT2D eigenvalue weighted by molar-refractivity contribution is 5.91. The van der Waals surface area contributed by atoms with E-state index >= 15 is 0 Å². The molecule has 1 saturated heterocycles. The minimum absolute atomic E-state index is 0.118. The van der Waals surface area contributed by atoms with E-state index in [0.717, 1.165) is 38.5 Å². The van der Waals surface area contributed by atoms with E-state index in [2.05, 4.69) is 19.2 Å². The number of unbranched alkanes of at least 4 members (excludes halogenated alkanes) is 28. The van der Waals surface area contributed by atoms with Crippen LogP contribution in [0.25, 0.3) is 0 Å². The fraction of sp³-hybridized carbons (Fsp3) is 0.925. The second-order valence-corrected chi connectivity index (χ2v) is 14.4. The number of aliphatic carboxylic acids is 1. The van der Waals surface area contributed by atoms with E-state index < -0.39 is 18.2 Å². The first kappa shape index (κ1) is 42.4. The lowest BCUT2D eigenvalue weighted by Gasteiger charge is -2.40. The summed E-state index contributed by atoms with van der Waals surface area (Å²) in [4.78, 5) is 39.1. The summed E-state index contributed by atoms with van der Waals surface area (Å²) in [6.07, 6.45) is 38.8. The van der Waals surface area contributed by atoms with Gasteiger partial charge in [0.15, 0.2) is 0 Å². The molecule has 1 aliphatic rings. The maximum Gasteiger partial charge on any atom is 0.327 e. The van der Waals surface area contributed by atoms with Gasteiger partial charge in [0.05, 0.1) is 6.42 Å². The molecular weight excluding hydrogens is 572 g/mol. The molecular formula is C40H76N2O4. The van der Waals surface area contributed by atoms with E-state index in [1.807, 2.05) is 0 Å². The highest BCUT2D eigenvalue weighted by atomic mass is 16.4. The lowest BCUT2D eigenvalue weighted by molar-refractivity contribution is -0.159. The Balaban J connectivity index is 2.17. The molecule has 2 atom stereocenters. The highest BCUT2D eigenvalue weighted by Gasteiger charge is 2.40. The normalized spacial score (nSPS) is 16.6. The Morgan fingerprint density at radius 2 is 0.891 bits per heavy atom. The Bertz CT molecular complexity index is 743. The van der Waals surface area contributed by atoms with E-state index in [1.165, 1.54) is 159 Å². The predicted octanol–water partition coefficient (Wildman–Crippen LogP) is 11.6. The van der Waals surface area contributed by atoms with Crippen molar-refractivity contribution in [3.8, 4) is 0 Å². The van der Waals surface area contributed by atoms with Crippen LogP contribution in [0.5, 0.6) is 0 Å². The Labute approximate surface area is 285 Å². The number of carboxylic acid groups (broad SMARTS) is 1. The van der Waals surface area contributed by atoms with Crippen LogP contribution in [0.15, 0.2) is 0 Å². The number of carboxylic acids is 1. The summed E-state index contributed by atoms with van der Waals surface area (Å²) in [7, 11) is 0. The third kappa shape index (κ3) is 22.9. The van der Waals surface area contributed by atoms with Gasteiger partial charge in [-0.05, 0) is 19.3 Å². The molecule has 2 unspecified atom stereocenters. The van der Waals surface area contributed by atoms with Crippen molar-refractivity contribution in [2.24, 2.45) is 0 Å². The maximum absolute atomic E-state index is 13.2. The zero-order valence-electron chi connectivity index (χ0n) is 30.6. The van der Waals surface area contributed by atoms with Gasteiger partial charge in [0.2, 0.25) is 11.8 Å². The molecule has 0 bridgehead atoms. The maximum atomic E-state index is 13.2. The molecule has 0 aromatic heterocycles. The second kappa shape index (κ2) is 30.7. The average molecular weight is 649 g/mol. The van der Waals surface area contributed by atoms with Crippen molar-refractivity contribution in [3.05, 3.63) is 0 Å². The van der Waals surface area contributed by atoms with Crippen LogP contribution in [0.1, 0.15) is 226 Å². The van der Waals surface area contributed by atoms with Gasteiger partial charge in [0, 0.05) is 6.42 Å². The van der Waals surface area contributed by atoms with Crippen molar-refractivity contribution in [2.75, 3.05) is 0 Å². The standard InChI is InChI=1S/C40H76N2O4/c1-3-5-7-9-11-13-15-17-19-21-23-25-27-29-31-33-37-41-38(43)35-36(40(45)46)42(37)39(44)34-32-30-28-26-24-22-20-18-16-14-12-10-8-6-4-2/h36-37H,3-35H2,1-2H3,(H,41,43)(H,45,46). The van der Waals surface area contributed by atoms with Gasteiger partial charge in [0.1, 0.15) is 12.2 Å². The lowest BCUT2D eigenvalue weighted by atomic mass is 10.0. The van der Waals surface area contributed by atoms with Gasteiger partial charge in [0.25, 0.3) is 0 Å². The van der Waals surface area contributed by atoms with E-state index in [-0.39, 0.29) is 18.2 Å². The quantitative estimate of drug-likeness (QED) is 0.0693. The third-order valence-electron chi connectivity index (χ3n) is 10.0. The van der Waals surface area contributed by atoms with Crippen LogP contribution in [0, 0.1) is 0 Å². The molecule has 0 aromatic rings. The summed E-state index contributed by atoms with van der Waals surface area (Å²) in [6.45, 7) is 4.54. The molecule has 2 N–H and O–H groups in total. The van der Waals surface area contributed by atoms with E-state index in [1.54, 1.807) is 0 Å². The topological polar surface area (TPSA) is 86.7 Å². The highest BCUT2D eigenvalue weighted by Crippen LogP contribution is 2.22. The Kier molecular flexibility index (Phi) is 28.3. The fourth-order valence-corrected chi connectivity index (χ4v) is 7.06. The number of hydrogen-bond donors (Lipinski definition) is 2. The van der Waals surface area contributed by atoms with Crippen LogP contribution in [-0.2, 0) is 14.4 Å². The van der Waals surface area contributed by atoms with E-state index in [0.29, 0.717) is 12.8 Å².